The lowest BCUT2D eigenvalue weighted by Gasteiger charge is -2.12. The van der Waals surface area contributed by atoms with Gasteiger partial charge < -0.3 is 15.4 Å². The SMILES string of the molecule is CN=C(NCCOc1ccccc1)NCCC1CC1. The quantitative estimate of drug-likeness (QED) is 0.448. The first-order valence-electron chi connectivity index (χ1n) is 7.01. The molecule has 0 amide bonds. The number of aliphatic imine (C=N–C) groups is 1. The smallest absolute Gasteiger partial charge is 0.191 e. The summed E-state index contributed by atoms with van der Waals surface area (Å²) in [5.41, 5.74) is 0. The number of nitrogens with one attached hydrogen (secondary N) is 2. The molecule has 0 atom stereocenters. The van der Waals surface area contributed by atoms with Crippen molar-refractivity contribution in [2.24, 2.45) is 10.9 Å². The Balaban J connectivity index is 1.55. The maximum Gasteiger partial charge on any atom is 0.191 e. The lowest BCUT2D eigenvalue weighted by atomic mass is 10.3. The average molecular weight is 261 g/mol. The fourth-order valence-electron chi connectivity index (χ4n) is 1.88. The van der Waals surface area contributed by atoms with Crippen LogP contribution in [0.3, 0.4) is 0 Å². The summed E-state index contributed by atoms with van der Waals surface area (Å²) in [6.07, 6.45) is 4.05. The molecule has 0 unspecified atom stereocenters. The van der Waals surface area contributed by atoms with Crippen molar-refractivity contribution in [3.63, 3.8) is 0 Å². The van der Waals surface area contributed by atoms with Crippen molar-refractivity contribution in [1.29, 1.82) is 0 Å². The Morgan fingerprint density at radius 3 is 2.63 bits per heavy atom. The molecule has 1 aromatic carbocycles. The van der Waals surface area contributed by atoms with Crippen molar-refractivity contribution in [2.75, 3.05) is 26.7 Å². The van der Waals surface area contributed by atoms with Crippen molar-refractivity contribution in [2.45, 2.75) is 19.3 Å². The van der Waals surface area contributed by atoms with E-state index in [0.717, 1.165) is 30.7 Å². The molecule has 0 radical (unpaired) electrons. The van der Waals surface area contributed by atoms with Gasteiger partial charge >= 0.3 is 0 Å². The first-order valence-corrected chi connectivity index (χ1v) is 7.01. The van der Waals surface area contributed by atoms with Crippen LogP contribution in [-0.4, -0.2) is 32.7 Å². The molecule has 2 N–H and O–H groups in total. The maximum atomic E-state index is 5.61. The monoisotopic (exact) mass is 261 g/mol. The summed E-state index contributed by atoms with van der Waals surface area (Å²) in [5, 5.41) is 6.57. The van der Waals surface area contributed by atoms with Crippen LogP contribution in [0.4, 0.5) is 0 Å². The molecule has 2 rings (SSSR count). The summed E-state index contributed by atoms with van der Waals surface area (Å²) >= 11 is 0. The number of hydrogen-bond acceptors (Lipinski definition) is 2. The molecule has 0 saturated heterocycles. The van der Waals surface area contributed by atoms with Crippen molar-refractivity contribution in [3.05, 3.63) is 30.3 Å². The second kappa shape index (κ2) is 7.67. The van der Waals surface area contributed by atoms with Crippen LogP contribution in [-0.2, 0) is 0 Å². The Hall–Kier alpha value is -1.71. The minimum absolute atomic E-state index is 0.632. The minimum atomic E-state index is 0.632. The molecular formula is C15H23N3O. The third kappa shape index (κ3) is 5.64. The summed E-state index contributed by atoms with van der Waals surface area (Å²) < 4.78 is 5.61. The maximum absolute atomic E-state index is 5.61. The molecule has 0 spiro atoms. The molecule has 0 aromatic heterocycles. The second-order valence-electron chi connectivity index (χ2n) is 4.82. The molecular weight excluding hydrogens is 238 g/mol. The molecule has 1 aromatic rings. The van der Waals surface area contributed by atoms with Gasteiger partial charge in [0.2, 0.25) is 0 Å². The zero-order chi connectivity index (χ0) is 13.3. The number of nitrogens with zero attached hydrogens (tertiary/aromatic N) is 1. The van der Waals surface area contributed by atoms with Gasteiger partial charge in [0.25, 0.3) is 0 Å². The van der Waals surface area contributed by atoms with E-state index < -0.39 is 0 Å². The van der Waals surface area contributed by atoms with Gasteiger partial charge in [-0.3, -0.25) is 4.99 Å². The zero-order valence-corrected chi connectivity index (χ0v) is 11.6. The van der Waals surface area contributed by atoms with Crippen molar-refractivity contribution in [3.8, 4) is 5.75 Å². The highest BCUT2D eigenvalue weighted by molar-refractivity contribution is 5.79. The van der Waals surface area contributed by atoms with Gasteiger partial charge in [0.15, 0.2) is 5.96 Å². The van der Waals surface area contributed by atoms with Gasteiger partial charge in [0.05, 0.1) is 6.54 Å². The van der Waals surface area contributed by atoms with Crippen molar-refractivity contribution < 1.29 is 4.74 Å². The Bertz CT molecular complexity index is 388. The topological polar surface area (TPSA) is 45.7 Å². The summed E-state index contributed by atoms with van der Waals surface area (Å²) in [6.45, 7) is 2.38. The number of para-hydroxylation sites is 1. The van der Waals surface area contributed by atoms with Gasteiger partial charge in [-0.15, -0.1) is 0 Å². The van der Waals surface area contributed by atoms with E-state index in [-0.39, 0.29) is 0 Å². The molecule has 1 fully saturated rings. The standard InChI is InChI=1S/C15H23N3O/c1-16-15(17-10-9-13-7-8-13)18-11-12-19-14-5-3-2-4-6-14/h2-6,13H,7-12H2,1H3,(H2,16,17,18). The minimum Gasteiger partial charge on any atom is -0.492 e. The van der Waals surface area contributed by atoms with Crippen LogP contribution in [0.5, 0.6) is 5.75 Å². The van der Waals surface area contributed by atoms with E-state index in [1.54, 1.807) is 7.05 Å². The summed E-state index contributed by atoms with van der Waals surface area (Å²) in [4.78, 5) is 4.19. The fourth-order valence-corrected chi connectivity index (χ4v) is 1.88. The van der Waals surface area contributed by atoms with Gasteiger partial charge in [-0.1, -0.05) is 31.0 Å². The number of rotatable bonds is 7. The lowest BCUT2D eigenvalue weighted by Crippen LogP contribution is -2.39. The number of benzene rings is 1. The van der Waals surface area contributed by atoms with Crippen LogP contribution in [0.15, 0.2) is 35.3 Å². The van der Waals surface area contributed by atoms with E-state index >= 15 is 0 Å². The van der Waals surface area contributed by atoms with Crippen LogP contribution in [0, 0.1) is 5.92 Å². The molecule has 19 heavy (non-hydrogen) atoms. The third-order valence-electron chi connectivity index (χ3n) is 3.17. The highest BCUT2D eigenvalue weighted by atomic mass is 16.5. The van der Waals surface area contributed by atoms with E-state index in [1.807, 2.05) is 30.3 Å². The largest absolute Gasteiger partial charge is 0.492 e. The van der Waals surface area contributed by atoms with Gasteiger partial charge in [-0.2, -0.15) is 0 Å². The van der Waals surface area contributed by atoms with Crippen molar-refractivity contribution in [1.82, 2.24) is 10.6 Å². The van der Waals surface area contributed by atoms with E-state index in [0.29, 0.717) is 6.61 Å². The highest BCUT2D eigenvalue weighted by Gasteiger charge is 2.20. The van der Waals surface area contributed by atoms with Gasteiger partial charge in [0.1, 0.15) is 12.4 Å². The van der Waals surface area contributed by atoms with Gasteiger partial charge in [-0.25, -0.2) is 0 Å². The predicted molar refractivity (Wildman–Crippen MR) is 78.6 cm³/mol. The first kappa shape index (κ1) is 13.7. The summed E-state index contributed by atoms with van der Waals surface area (Å²) in [6, 6.07) is 9.85. The Kier molecular flexibility index (Phi) is 5.53. The van der Waals surface area contributed by atoms with Crippen LogP contribution in [0.25, 0.3) is 0 Å². The van der Waals surface area contributed by atoms with Crippen LogP contribution < -0.4 is 15.4 Å². The van der Waals surface area contributed by atoms with E-state index in [1.165, 1.54) is 19.3 Å². The van der Waals surface area contributed by atoms with Gasteiger partial charge in [0, 0.05) is 13.6 Å². The second-order valence-corrected chi connectivity index (χ2v) is 4.82. The van der Waals surface area contributed by atoms with Crippen molar-refractivity contribution >= 4 is 5.96 Å². The van der Waals surface area contributed by atoms with Crippen LogP contribution in [0.1, 0.15) is 19.3 Å². The number of ether oxygens (including phenoxy) is 1. The molecule has 4 nitrogen and oxygen atoms in total. The predicted octanol–water partition coefficient (Wildman–Crippen LogP) is 2.03. The summed E-state index contributed by atoms with van der Waals surface area (Å²) in [7, 11) is 1.80. The fraction of sp³-hybridized carbons (Fsp3) is 0.533. The molecule has 1 saturated carbocycles. The van der Waals surface area contributed by atoms with Crippen LogP contribution >= 0.6 is 0 Å². The lowest BCUT2D eigenvalue weighted by molar-refractivity contribution is 0.322. The molecule has 0 aliphatic heterocycles. The number of guanidine groups is 1. The molecule has 0 heterocycles. The molecule has 104 valence electrons. The van der Waals surface area contributed by atoms with E-state index in [2.05, 4.69) is 15.6 Å². The first-order chi connectivity index (χ1) is 9.38. The molecule has 1 aliphatic rings. The normalized spacial score (nSPS) is 15.1. The van der Waals surface area contributed by atoms with E-state index in [4.69, 9.17) is 4.74 Å². The molecule has 0 bridgehead atoms. The summed E-state index contributed by atoms with van der Waals surface area (Å²) in [5.74, 6) is 2.71. The Labute approximate surface area is 115 Å². The Morgan fingerprint density at radius 1 is 1.21 bits per heavy atom. The van der Waals surface area contributed by atoms with Gasteiger partial charge in [-0.05, 0) is 24.5 Å². The zero-order valence-electron chi connectivity index (χ0n) is 11.6. The third-order valence-corrected chi connectivity index (χ3v) is 3.17. The van der Waals surface area contributed by atoms with E-state index in [9.17, 15) is 0 Å². The van der Waals surface area contributed by atoms with Crippen LogP contribution in [0.2, 0.25) is 0 Å². The highest BCUT2D eigenvalue weighted by Crippen LogP contribution is 2.31. The molecule has 1 aliphatic carbocycles. The Morgan fingerprint density at radius 2 is 1.95 bits per heavy atom. The average Bonchev–Trinajstić information content (AvgIpc) is 3.27. The molecule has 4 heteroatoms. The number of hydrogen-bond donors (Lipinski definition) is 2.